The summed E-state index contributed by atoms with van der Waals surface area (Å²) in [6, 6.07) is 0. The Morgan fingerprint density at radius 2 is 1.92 bits per heavy atom. The van der Waals surface area contributed by atoms with Crippen molar-refractivity contribution in [2.45, 2.75) is 71.4 Å². The van der Waals surface area contributed by atoms with Crippen molar-refractivity contribution in [2.24, 2.45) is 4.99 Å². The SMILES string of the molecule is CCNC(=NCc1c(CC)noc1CC)NCC1(O)CCCC1.I. The highest BCUT2D eigenvalue weighted by molar-refractivity contribution is 14.0. The minimum atomic E-state index is -0.587. The highest BCUT2D eigenvalue weighted by atomic mass is 127. The molecule has 2 rings (SSSR count). The van der Waals surface area contributed by atoms with E-state index >= 15 is 0 Å². The van der Waals surface area contributed by atoms with Gasteiger partial charge in [0.05, 0.1) is 17.8 Å². The fourth-order valence-corrected chi connectivity index (χ4v) is 3.07. The second-order valence-corrected chi connectivity index (χ2v) is 6.22. The molecule has 0 bridgehead atoms. The van der Waals surface area contributed by atoms with E-state index in [0.717, 1.165) is 68.0 Å². The average molecular weight is 450 g/mol. The predicted octanol–water partition coefficient (Wildman–Crippen LogP) is 2.78. The largest absolute Gasteiger partial charge is 0.388 e. The summed E-state index contributed by atoms with van der Waals surface area (Å²) in [5, 5.41) is 21.1. The van der Waals surface area contributed by atoms with Gasteiger partial charge in [0.2, 0.25) is 0 Å². The van der Waals surface area contributed by atoms with Crippen molar-refractivity contribution in [3.8, 4) is 0 Å². The molecule has 24 heavy (non-hydrogen) atoms. The number of halogens is 1. The molecule has 0 aliphatic heterocycles. The molecule has 0 saturated heterocycles. The van der Waals surface area contributed by atoms with Gasteiger partial charge in [-0.25, -0.2) is 4.99 Å². The van der Waals surface area contributed by atoms with Crippen LogP contribution in [0, 0.1) is 0 Å². The zero-order chi connectivity index (χ0) is 16.7. The van der Waals surface area contributed by atoms with Gasteiger partial charge in [-0.2, -0.15) is 0 Å². The molecule has 0 atom stereocenters. The minimum Gasteiger partial charge on any atom is -0.388 e. The van der Waals surface area contributed by atoms with Crippen LogP contribution in [-0.2, 0) is 19.4 Å². The molecule has 1 aliphatic rings. The van der Waals surface area contributed by atoms with Gasteiger partial charge in [-0.1, -0.05) is 31.8 Å². The average Bonchev–Trinajstić information content (AvgIpc) is 3.16. The number of hydrogen-bond donors (Lipinski definition) is 3. The molecule has 0 radical (unpaired) electrons. The molecule has 1 aromatic heterocycles. The summed E-state index contributed by atoms with van der Waals surface area (Å²) in [5.74, 6) is 1.65. The van der Waals surface area contributed by atoms with Crippen molar-refractivity contribution in [3.05, 3.63) is 17.0 Å². The number of aliphatic hydroxyl groups is 1. The molecule has 0 unspecified atom stereocenters. The topological polar surface area (TPSA) is 82.7 Å². The van der Waals surface area contributed by atoms with Gasteiger partial charge < -0.3 is 20.3 Å². The van der Waals surface area contributed by atoms with Gasteiger partial charge in [-0.05, 0) is 26.2 Å². The minimum absolute atomic E-state index is 0. The van der Waals surface area contributed by atoms with Gasteiger partial charge in [0.25, 0.3) is 0 Å². The highest BCUT2D eigenvalue weighted by Gasteiger charge is 2.31. The Bertz CT molecular complexity index is 503. The second-order valence-electron chi connectivity index (χ2n) is 6.22. The Balaban J connectivity index is 0.00000288. The van der Waals surface area contributed by atoms with E-state index in [0.29, 0.717) is 13.1 Å². The lowest BCUT2D eigenvalue weighted by Crippen LogP contribution is -2.46. The van der Waals surface area contributed by atoms with E-state index in [-0.39, 0.29) is 24.0 Å². The zero-order valence-corrected chi connectivity index (χ0v) is 17.4. The monoisotopic (exact) mass is 450 g/mol. The van der Waals surface area contributed by atoms with Crippen LogP contribution in [0.1, 0.15) is 63.5 Å². The zero-order valence-electron chi connectivity index (χ0n) is 15.0. The fraction of sp³-hybridized carbons (Fsp3) is 0.765. The van der Waals surface area contributed by atoms with Crippen LogP contribution in [0.2, 0.25) is 0 Å². The summed E-state index contributed by atoms with van der Waals surface area (Å²) in [4.78, 5) is 4.65. The normalized spacial score (nSPS) is 16.8. The Kier molecular flexibility index (Phi) is 9.04. The lowest BCUT2D eigenvalue weighted by atomic mass is 10.0. The molecule has 0 amide bonds. The maximum atomic E-state index is 10.5. The van der Waals surface area contributed by atoms with E-state index in [2.05, 4.69) is 34.6 Å². The maximum Gasteiger partial charge on any atom is 0.191 e. The molecule has 0 spiro atoms. The molecule has 7 heteroatoms. The lowest BCUT2D eigenvalue weighted by Gasteiger charge is -2.23. The molecular weight excluding hydrogens is 419 g/mol. The summed E-state index contributed by atoms with van der Waals surface area (Å²) in [7, 11) is 0. The standard InChI is InChI=1S/C17H30N4O2.HI/c1-4-14-13(15(5-2)23-21-14)11-19-16(18-6-3)20-12-17(22)9-7-8-10-17;/h22H,4-12H2,1-3H3,(H2,18,19,20);1H. The predicted molar refractivity (Wildman–Crippen MR) is 107 cm³/mol. The van der Waals surface area contributed by atoms with Crippen LogP contribution in [0.5, 0.6) is 0 Å². The first-order valence-electron chi connectivity index (χ1n) is 8.82. The summed E-state index contributed by atoms with van der Waals surface area (Å²) in [6.07, 6.45) is 5.61. The summed E-state index contributed by atoms with van der Waals surface area (Å²) in [6.45, 7) is 8.05. The molecule has 3 N–H and O–H groups in total. The smallest absolute Gasteiger partial charge is 0.191 e. The van der Waals surface area contributed by atoms with Crippen molar-refractivity contribution in [2.75, 3.05) is 13.1 Å². The van der Waals surface area contributed by atoms with Crippen molar-refractivity contribution < 1.29 is 9.63 Å². The number of aryl methyl sites for hydroxylation is 2. The van der Waals surface area contributed by atoms with Gasteiger partial charge in [-0.3, -0.25) is 0 Å². The molecular formula is C17H31IN4O2. The third kappa shape index (κ3) is 5.61. The van der Waals surface area contributed by atoms with Crippen LogP contribution < -0.4 is 10.6 Å². The second kappa shape index (κ2) is 10.2. The fourth-order valence-electron chi connectivity index (χ4n) is 3.07. The van der Waals surface area contributed by atoms with Crippen LogP contribution in [0.15, 0.2) is 9.52 Å². The molecule has 138 valence electrons. The molecule has 1 saturated carbocycles. The first-order chi connectivity index (χ1) is 11.1. The number of rotatable bonds is 7. The number of nitrogens with one attached hydrogen (secondary N) is 2. The van der Waals surface area contributed by atoms with Gasteiger partial charge >= 0.3 is 0 Å². The third-order valence-corrected chi connectivity index (χ3v) is 4.47. The van der Waals surface area contributed by atoms with Crippen LogP contribution in [0.3, 0.4) is 0 Å². The van der Waals surface area contributed by atoms with E-state index < -0.39 is 5.60 Å². The Labute approximate surface area is 161 Å². The number of guanidine groups is 1. The molecule has 1 fully saturated rings. The molecule has 1 aromatic rings. The Hall–Kier alpha value is -0.830. The van der Waals surface area contributed by atoms with Crippen molar-refractivity contribution in [1.82, 2.24) is 15.8 Å². The van der Waals surface area contributed by atoms with Gasteiger partial charge in [0.1, 0.15) is 5.76 Å². The lowest BCUT2D eigenvalue weighted by molar-refractivity contribution is 0.0522. The van der Waals surface area contributed by atoms with Crippen molar-refractivity contribution in [3.63, 3.8) is 0 Å². The highest BCUT2D eigenvalue weighted by Crippen LogP contribution is 2.28. The summed E-state index contributed by atoms with van der Waals surface area (Å²) < 4.78 is 5.39. The Morgan fingerprint density at radius 1 is 1.21 bits per heavy atom. The van der Waals surface area contributed by atoms with Crippen LogP contribution in [-0.4, -0.2) is 34.9 Å². The number of aliphatic imine (C=N–C) groups is 1. The van der Waals surface area contributed by atoms with Crippen LogP contribution in [0.25, 0.3) is 0 Å². The van der Waals surface area contributed by atoms with E-state index in [1.54, 1.807) is 0 Å². The van der Waals surface area contributed by atoms with E-state index in [1.165, 1.54) is 0 Å². The van der Waals surface area contributed by atoms with Gasteiger partial charge in [0.15, 0.2) is 5.96 Å². The van der Waals surface area contributed by atoms with E-state index in [4.69, 9.17) is 4.52 Å². The van der Waals surface area contributed by atoms with Crippen LogP contribution >= 0.6 is 24.0 Å². The first kappa shape index (κ1) is 21.2. The summed E-state index contributed by atoms with van der Waals surface area (Å²) in [5.41, 5.74) is 1.49. The van der Waals surface area contributed by atoms with Crippen molar-refractivity contribution in [1.29, 1.82) is 0 Å². The van der Waals surface area contributed by atoms with Crippen molar-refractivity contribution >= 4 is 29.9 Å². The number of aromatic nitrogens is 1. The molecule has 0 aromatic carbocycles. The molecule has 6 nitrogen and oxygen atoms in total. The first-order valence-corrected chi connectivity index (χ1v) is 8.82. The number of hydrogen-bond acceptors (Lipinski definition) is 4. The third-order valence-electron chi connectivity index (χ3n) is 4.47. The molecule has 1 aliphatic carbocycles. The quantitative estimate of drug-likeness (QED) is 0.338. The van der Waals surface area contributed by atoms with E-state index in [1.807, 2.05) is 6.92 Å². The van der Waals surface area contributed by atoms with Crippen LogP contribution in [0.4, 0.5) is 0 Å². The maximum absolute atomic E-state index is 10.5. The Morgan fingerprint density at radius 3 is 2.50 bits per heavy atom. The van der Waals surface area contributed by atoms with Gasteiger partial charge in [-0.15, -0.1) is 24.0 Å². The number of nitrogens with zero attached hydrogens (tertiary/aromatic N) is 2. The van der Waals surface area contributed by atoms with E-state index in [9.17, 15) is 5.11 Å². The molecule has 1 heterocycles. The van der Waals surface area contributed by atoms with Gasteiger partial charge in [0, 0.05) is 25.1 Å². The summed E-state index contributed by atoms with van der Waals surface area (Å²) >= 11 is 0.